The van der Waals surface area contributed by atoms with E-state index >= 15 is 0 Å². The maximum atomic E-state index is 13.4. The van der Waals surface area contributed by atoms with Crippen molar-refractivity contribution in [3.8, 4) is 0 Å². The minimum Gasteiger partial charge on any atom is -0.309 e. The second-order valence-electron chi connectivity index (χ2n) is 5.07. The standard InChI is InChI=1S/C17H21FN2S/c1-3-7-20-17(14-9-15(18)11-19-10-14)12-21-16-6-4-5-13(2)8-16/h4-6,8-11,17,20H,3,7,12H2,1-2H3. The molecule has 0 aliphatic heterocycles. The maximum absolute atomic E-state index is 13.4. The highest BCUT2D eigenvalue weighted by Crippen LogP contribution is 2.25. The number of thioether (sulfide) groups is 1. The molecule has 1 atom stereocenters. The highest BCUT2D eigenvalue weighted by atomic mass is 32.2. The number of aryl methyl sites for hydroxylation is 1. The summed E-state index contributed by atoms with van der Waals surface area (Å²) in [7, 11) is 0. The predicted molar refractivity (Wildman–Crippen MR) is 87.1 cm³/mol. The molecule has 0 amide bonds. The number of nitrogens with zero attached hydrogens (tertiary/aromatic N) is 1. The molecule has 0 saturated carbocycles. The summed E-state index contributed by atoms with van der Waals surface area (Å²) in [5, 5.41) is 3.47. The first kappa shape index (κ1) is 16.0. The van der Waals surface area contributed by atoms with Gasteiger partial charge >= 0.3 is 0 Å². The van der Waals surface area contributed by atoms with E-state index in [9.17, 15) is 4.39 Å². The lowest BCUT2D eigenvalue weighted by molar-refractivity contribution is 0.564. The van der Waals surface area contributed by atoms with Gasteiger partial charge in [-0.1, -0.05) is 24.6 Å². The Morgan fingerprint density at radius 2 is 2.14 bits per heavy atom. The van der Waals surface area contributed by atoms with E-state index in [1.807, 2.05) is 0 Å². The summed E-state index contributed by atoms with van der Waals surface area (Å²) in [5.41, 5.74) is 2.16. The fourth-order valence-electron chi connectivity index (χ4n) is 2.10. The summed E-state index contributed by atoms with van der Waals surface area (Å²) in [6.07, 6.45) is 4.04. The van der Waals surface area contributed by atoms with E-state index in [0.717, 1.165) is 24.3 Å². The van der Waals surface area contributed by atoms with Gasteiger partial charge in [0.2, 0.25) is 0 Å². The SMILES string of the molecule is CCCNC(CSc1cccc(C)c1)c1cncc(F)c1. The lowest BCUT2D eigenvalue weighted by Gasteiger charge is -2.18. The molecular weight excluding hydrogens is 283 g/mol. The third-order valence-corrected chi connectivity index (χ3v) is 4.26. The number of halogens is 1. The van der Waals surface area contributed by atoms with E-state index in [4.69, 9.17) is 0 Å². The monoisotopic (exact) mass is 304 g/mol. The van der Waals surface area contributed by atoms with Crippen molar-refractivity contribution in [1.29, 1.82) is 0 Å². The molecule has 21 heavy (non-hydrogen) atoms. The van der Waals surface area contributed by atoms with Crippen LogP contribution < -0.4 is 5.32 Å². The first-order valence-corrected chi connectivity index (χ1v) is 8.21. The van der Waals surface area contributed by atoms with Crippen molar-refractivity contribution in [2.24, 2.45) is 0 Å². The van der Waals surface area contributed by atoms with Gasteiger partial charge in [-0.15, -0.1) is 11.8 Å². The summed E-state index contributed by atoms with van der Waals surface area (Å²) in [4.78, 5) is 5.20. The summed E-state index contributed by atoms with van der Waals surface area (Å²) >= 11 is 1.78. The number of rotatable bonds is 7. The average Bonchev–Trinajstić information content (AvgIpc) is 2.47. The molecular formula is C17H21FN2S. The van der Waals surface area contributed by atoms with Crippen LogP contribution in [0.4, 0.5) is 4.39 Å². The third-order valence-electron chi connectivity index (χ3n) is 3.18. The van der Waals surface area contributed by atoms with Gasteiger partial charge in [-0.25, -0.2) is 4.39 Å². The average molecular weight is 304 g/mol. The number of aromatic nitrogens is 1. The van der Waals surface area contributed by atoms with Crippen LogP contribution in [0.2, 0.25) is 0 Å². The van der Waals surface area contributed by atoms with Gasteiger partial charge in [0.25, 0.3) is 0 Å². The van der Waals surface area contributed by atoms with Crippen molar-refractivity contribution < 1.29 is 4.39 Å². The Bertz CT molecular complexity index is 574. The maximum Gasteiger partial charge on any atom is 0.141 e. The van der Waals surface area contributed by atoms with Crippen molar-refractivity contribution in [3.63, 3.8) is 0 Å². The van der Waals surface area contributed by atoms with Crippen LogP contribution in [-0.4, -0.2) is 17.3 Å². The molecule has 2 nitrogen and oxygen atoms in total. The molecule has 0 spiro atoms. The van der Waals surface area contributed by atoms with E-state index < -0.39 is 0 Å². The summed E-state index contributed by atoms with van der Waals surface area (Å²) in [6.45, 7) is 5.13. The molecule has 2 aromatic rings. The van der Waals surface area contributed by atoms with Crippen LogP contribution in [0, 0.1) is 12.7 Å². The van der Waals surface area contributed by atoms with E-state index in [0.29, 0.717) is 0 Å². The fourth-order valence-corrected chi connectivity index (χ4v) is 3.21. The van der Waals surface area contributed by atoms with Crippen LogP contribution in [-0.2, 0) is 0 Å². The van der Waals surface area contributed by atoms with Crippen LogP contribution in [0.3, 0.4) is 0 Å². The Balaban J connectivity index is 2.06. The molecule has 1 aromatic heterocycles. The van der Waals surface area contributed by atoms with Gasteiger partial charge in [-0.05, 0) is 43.7 Å². The Morgan fingerprint density at radius 1 is 1.29 bits per heavy atom. The molecule has 4 heteroatoms. The van der Waals surface area contributed by atoms with Crippen molar-refractivity contribution >= 4 is 11.8 Å². The number of hydrogen-bond acceptors (Lipinski definition) is 3. The van der Waals surface area contributed by atoms with E-state index in [-0.39, 0.29) is 11.9 Å². The van der Waals surface area contributed by atoms with Crippen molar-refractivity contribution in [2.75, 3.05) is 12.3 Å². The smallest absolute Gasteiger partial charge is 0.141 e. The van der Waals surface area contributed by atoms with E-state index in [1.165, 1.54) is 16.7 Å². The van der Waals surface area contributed by atoms with Gasteiger partial charge in [0, 0.05) is 22.9 Å². The molecule has 0 aliphatic rings. The van der Waals surface area contributed by atoms with Crippen molar-refractivity contribution in [1.82, 2.24) is 10.3 Å². The molecule has 112 valence electrons. The molecule has 0 radical (unpaired) electrons. The van der Waals surface area contributed by atoms with Crippen LogP contribution in [0.5, 0.6) is 0 Å². The van der Waals surface area contributed by atoms with Gasteiger partial charge in [0.1, 0.15) is 5.82 Å². The summed E-state index contributed by atoms with van der Waals surface area (Å²) in [6, 6.07) is 10.1. The van der Waals surface area contributed by atoms with Crippen molar-refractivity contribution in [3.05, 3.63) is 59.7 Å². The topological polar surface area (TPSA) is 24.9 Å². The Kier molecular flexibility index (Phi) is 6.21. The second-order valence-corrected chi connectivity index (χ2v) is 6.16. The largest absolute Gasteiger partial charge is 0.309 e. The Hall–Kier alpha value is -1.39. The van der Waals surface area contributed by atoms with Crippen LogP contribution in [0.1, 0.15) is 30.5 Å². The van der Waals surface area contributed by atoms with Gasteiger partial charge in [0.15, 0.2) is 0 Å². The minimum atomic E-state index is -0.281. The van der Waals surface area contributed by atoms with E-state index in [2.05, 4.69) is 48.4 Å². The van der Waals surface area contributed by atoms with E-state index in [1.54, 1.807) is 24.0 Å². The molecule has 1 N–H and O–H groups in total. The number of pyridine rings is 1. The van der Waals surface area contributed by atoms with Crippen LogP contribution in [0.25, 0.3) is 0 Å². The van der Waals surface area contributed by atoms with Crippen LogP contribution in [0.15, 0.2) is 47.6 Å². The number of hydrogen-bond donors (Lipinski definition) is 1. The van der Waals surface area contributed by atoms with Gasteiger partial charge in [0.05, 0.1) is 6.20 Å². The van der Waals surface area contributed by atoms with Crippen LogP contribution >= 0.6 is 11.8 Å². The van der Waals surface area contributed by atoms with Gasteiger partial charge < -0.3 is 5.32 Å². The zero-order valence-corrected chi connectivity index (χ0v) is 13.3. The second kappa shape index (κ2) is 8.15. The fraction of sp³-hybridized carbons (Fsp3) is 0.353. The first-order valence-electron chi connectivity index (χ1n) is 7.22. The molecule has 0 saturated heterocycles. The zero-order valence-electron chi connectivity index (χ0n) is 12.5. The quantitative estimate of drug-likeness (QED) is 0.769. The molecule has 0 fully saturated rings. The molecule has 1 unspecified atom stereocenters. The van der Waals surface area contributed by atoms with Gasteiger partial charge in [-0.2, -0.15) is 0 Å². The van der Waals surface area contributed by atoms with Gasteiger partial charge in [-0.3, -0.25) is 4.98 Å². The molecule has 2 rings (SSSR count). The third kappa shape index (κ3) is 5.14. The number of nitrogens with one attached hydrogen (secondary N) is 1. The highest BCUT2D eigenvalue weighted by Gasteiger charge is 2.12. The molecule has 1 aromatic carbocycles. The minimum absolute atomic E-state index is 0.110. The lowest BCUT2D eigenvalue weighted by Crippen LogP contribution is -2.24. The Labute approximate surface area is 130 Å². The summed E-state index contributed by atoms with van der Waals surface area (Å²) in [5.74, 6) is 0.575. The zero-order chi connectivity index (χ0) is 15.1. The normalized spacial score (nSPS) is 12.3. The molecule has 0 bridgehead atoms. The number of benzene rings is 1. The Morgan fingerprint density at radius 3 is 2.86 bits per heavy atom. The molecule has 1 heterocycles. The molecule has 0 aliphatic carbocycles. The first-order chi connectivity index (χ1) is 10.2. The van der Waals surface area contributed by atoms with Crippen molar-refractivity contribution in [2.45, 2.75) is 31.2 Å². The lowest BCUT2D eigenvalue weighted by atomic mass is 10.1. The summed E-state index contributed by atoms with van der Waals surface area (Å²) < 4.78 is 13.4. The predicted octanol–water partition coefficient (Wildman–Crippen LogP) is 4.36. The highest BCUT2D eigenvalue weighted by molar-refractivity contribution is 7.99.